The third kappa shape index (κ3) is 1.62. The third-order valence-corrected chi connectivity index (χ3v) is 2.76. The zero-order valence-corrected chi connectivity index (χ0v) is 9.12. The SMILES string of the molecule is Cn1ncc(CN2CC(C)(C)C2)c1N. The van der Waals surface area contributed by atoms with Crippen LogP contribution in [0.1, 0.15) is 19.4 Å². The lowest BCUT2D eigenvalue weighted by Crippen LogP contribution is -2.52. The van der Waals surface area contributed by atoms with Crippen LogP contribution < -0.4 is 5.73 Å². The lowest BCUT2D eigenvalue weighted by atomic mass is 9.84. The molecule has 0 spiro atoms. The first-order valence-corrected chi connectivity index (χ1v) is 4.97. The molecule has 4 nitrogen and oxygen atoms in total. The van der Waals surface area contributed by atoms with Crippen molar-refractivity contribution in [3.63, 3.8) is 0 Å². The number of hydrogen-bond donors (Lipinski definition) is 1. The minimum atomic E-state index is 0.483. The summed E-state index contributed by atoms with van der Waals surface area (Å²) >= 11 is 0. The summed E-state index contributed by atoms with van der Waals surface area (Å²) in [5, 5.41) is 4.13. The van der Waals surface area contributed by atoms with Gasteiger partial charge in [0.2, 0.25) is 0 Å². The fourth-order valence-electron chi connectivity index (χ4n) is 2.13. The van der Waals surface area contributed by atoms with Crippen LogP contribution in [-0.4, -0.2) is 27.8 Å². The summed E-state index contributed by atoms with van der Waals surface area (Å²) in [6.45, 7) is 7.82. The first-order valence-electron chi connectivity index (χ1n) is 4.97. The summed E-state index contributed by atoms with van der Waals surface area (Å²) in [6.07, 6.45) is 1.86. The standard InChI is InChI=1S/C10H18N4/c1-10(2)6-14(7-10)5-8-4-12-13(3)9(8)11/h4H,5-7,11H2,1-3H3. The van der Waals surface area contributed by atoms with Crippen molar-refractivity contribution in [3.8, 4) is 0 Å². The average molecular weight is 194 g/mol. The molecule has 2 N–H and O–H groups in total. The van der Waals surface area contributed by atoms with Gasteiger partial charge in [0.15, 0.2) is 0 Å². The van der Waals surface area contributed by atoms with Crippen molar-refractivity contribution in [1.29, 1.82) is 0 Å². The molecule has 1 aliphatic heterocycles. The normalized spacial score (nSPS) is 20.8. The molecule has 1 aliphatic rings. The molecule has 0 saturated carbocycles. The Morgan fingerprint density at radius 3 is 2.57 bits per heavy atom. The molecule has 78 valence electrons. The van der Waals surface area contributed by atoms with E-state index in [2.05, 4.69) is 23.8 Å². The summed E-state index contributed by atoms with van der Waals surface area (Å²) in [5.41, 5.74) is 7.50. The van der Waals surface area contributed by atoms with Gasteiger partial charge in [-0.15, -0.1) is 0 Å². The third-order valence-electron chi connectivity index (χ3n) is 2.76. The Morgan fingerprint density at radius 1 is 1.50 bits per heavy atom. The van der Waals surface area contributed by atoms with E-state index in [1.807, 2.05) is 13.2 Å². The number of nitrogens with zero attached hydrogens (tertiary/aromatic N) is 3. The van der Waals surface area contributed by atoms with Crippen LogP contribution in [-0.2, 0) is 13.6 Å². The van der Waals surface area contributed by atoms with Crippen LogP contribution in [0.15, 0.2) is 6.20 Å². The lowest BCUT2D eigenvalue weighted by molar-refractivity contribution is 0.0244. The zero-order valence-electron chi connectivity index (χ0n) is 9.12. The van der Waals surface area contributed by atoms with Gasteiger partial charge in [0.1, 0.15) is 5.82 Å². The number of nitrogens with two attached hydrogens (primary N) is 1. The molecular formula is C10H18N4. The van der Waals surface area contributed by atoms with E-state index in [-0.39, 0.29) is 0 Å². The van der Waals surface area contributed by atoms with E-state index in [1.54, 1.807) is 4.68 Å². The lowest BCUT2D eigenvalue weighted by Gasteiger charge is -2.45. The number of aromatic nitrogens is 2. The van der Waals surface area contributed by atoms with Gasteiger partial charge in [-0.05, 0) is 5.41 Å². The van der Waals surface area contributed by atoms with Gasteiger partial charge >= 0.3 is 0 Å². The topological polar surface area (TPSA) is 47.1 Å². The van der Waals surface area contributed by atoms with Gasteiger partial charge in [0.05, 0.1) is 6.20 Å². The van der Waals surface area contributed by atoms with Crippen molar-refractivity contribution in [2.45, 2.75) is 20.4 Å². The second-order valence-electron chi connectivity index (χ2n) is 4.99. The quantitative estimate of drug-likeness (QED) is 0.759. The summed E-state index contributed by atoms with van der Waals surface area (Å²) in [4.78, 5) is 2.40. The fourth-order valence-corrected chi connectivity index (χ4v) is 2.13. The Bertz CT molecular complexity index is 332. The molecule has 0 atom stereocenters. The van der Waals surface area contributed by atoms with Gasteiger partial charge in [-0.3, -0.25) is 9.58 Å². The van der Waals surface area contributed by atoms with E-state index in [1.165, 1.54) is 0 Å². The van der Waals surface area contributed by atoms with Crippen molar-refractivity contribution >= 4 is 5.82 Å². The number of likely N-dealkylation sites (tertiary alicyclic amines) is 1. The van der Waals surface area contributed by atoms with Gasteiger partial charge in [0.25, 0.3) is 0 Å². The number of nitrogen functional groups attached to an aromatic ring is 1. The Labute approximate surface area is 84.7 Å². The average Bonchev–Trinajstić information content (AvgIpc) is 2.33. The van der Waals surface area contributed by atoms with Crippen LogP contribution in [0.25, 0.3) is 0 Å². The second kappa shape index (κ2) is 2.98. The molecule has 4 heteroatoms. The summed E-state index contributed by atoms with van der Waals surface area (Å²) < 4.78 is 1.72. The molecule has 2 rings (SSSR count). The minimum Gasteiger partial charge on any atom is -0.384 e. The van der Waals surface area contributed by atoms with Crippen molar-refractivity contribution < 1.29 is 0 Å². The smallest absolute Gasteiger partial charge is 0.125 e. The molecule has 0 radical (unpaired) electrons. The first kappa shape index (κ1) is 9.52. The maximum Gasteiger partial charge on any atom is 0.125 e. The van der Waals surface area contributed by atoms with Crippen molar-refractivity contribution in [3.05, 3.63) is 11.8 Å². The van der Waals surface area contributed by atoms with Gasteiger partial charge in [0, 0.05) is 32.2 Å². The maximum absolute atomic E-state index is 5.87. The summed E-state index contributed by atoms with van der Waals surface area (Å²) in [5.74, 6) is 0.787. The van der Waals surface area contributed by atoms with Gasteiger partial charge in [-0.2, -0.15) is 5.10 Å². The van der Waals surface area contributed by atoms with E-state index < -0.39 is 0 Å². The highest BCUT2D eigenvalue weighted by Crippen LogP contribution is 2.30. The van der Waals surface area contributed by atoms with E-state index in [0.717, 1.165) is 31.0 Å². The van der Waals surface area contributed by atoms with E-state index in [4.69, 9.17) is 5.73 Å². The highest BCUT2D eigenvalue weighted by atomic mass is 15.3. The second-order valence-corrected chi connectivity index (χ2v) is 4.99. The van der Waals surface area contributed by atoms with E-state index >= 15 is 0 Å². The highest BCUT2D eigenvalue weighted by molar-refractivity contribution is 5.38. The maximum atomic E-state index is 5.87. The number of hydrogen-bond acceptors (Lipinski definition) is 3. The minimum absolute atomic E-state index is 0.483. The molecule has 0 aliphatic carbocycles. The first-order chi connectivity index (χ1) is 6.48. The Hall–Kier alpha value is -1.03. The predicted octanol–water partition coefficient (Wildman–Crippen LogP) is 0.844. The van der Waals surface area contributed by atoms with Gasteiger partial charge < -0.3 is 5.73 Å². The van der Waals surface area contributed by atoms with Crippen LogP contribution in [0.4, 0.5) is 5.82 Å². The molecular weight excluding hydrogens is 176 g/mol. The monoisotopic (exact) mass is 194 g/mol. The van der Waals surface area contributed by atoms with E-state index in [9.17, 15) is 0 Å². The molecule has 14 heavy (non-hydrogen) atoms. The van der Waals surface area contributed by atoms with Crippen LogP contribution in [0.3, 0.4) is 0 Å². The zero-order chi connectivity index (χ0) is 10.3. The number of anilines is 1. The van der Waals surface area contributed by atoms with Gasteiger partial charge in [-0.25, -0.2) is 0 Å². The molecule has 1 aromatic heterocycles. The summed E-state index contributed by atoms with van der Waals surface area (Å²) in [6, 6.07) is 0. The Morgan fingerprint density at radius 2 is 2.14 bits per heavy atom. The number of aryl methyl sites for hydroxylation is 1. The predicted molar refractivity (Wildman–Crippen MR) is 56.7 cm³/mol. The van der Waals surface area contributed by atoms with E-state index in [0.29, 0.717) is 5.41 Å². The Balaban J connectivity index is 1.97. The van der Waals surface area contributed by atoms with Crippen molar-refractivity contribution in [1.82, 2.24) is 14.7 Å². The molecule has 1 saturated heterocycles. The molecule has 2 heterocycles. The van der Waals surface area contributed by atoms with Crippen molar-refractivity contribution in [2.75, 3.05) is 18.8 Å². The molecule has 0 unspecified atom stereocenters. The molecule has 0 amide bonds. The molecule has 0 bridgehead atoms. The van der Waals surface area contributed by atoms with Crippen LogP contribution in [0.2, 0.25) is 0 Å². The van der Waals surface area contributed by atoms with Crippen LogP contribution in [0.5, 0.6) is 0 Å². The van der Waals surface area contributed by atoms with Crippen LogP contribution in [0, 0.1) is 5.41 Å². The largest absolute Gasteiger partial charge is 0.384 e. The molecule has 0 aromatic carbocycles. The molecule has 1 aromatic rings. The highest BCUT2D eigenvalue weighted by Gasteiger charge is 2.34. The Kier molecular flexibility index (Phi) is 2.03. The molecule has 1 fully saturated rings. The van der Waals surface area contributed by atoms with Crippen LogP contribution >= 0.6 is 0 Å². The fraction of sp³-hybridized carbons (Fsp3) is 0.700. The number of rotatable bonds is 2. The van der Waals surface area contributed by atoms with Crippen molar-refractivity contribution in [2.24, 2.45) is 12.5 Å². The van der Waals surface area contributed by atoms with Gasteiger partial charge in [-0.1, -0.05) is 13.8 Å². The summed E-state index contributed by atoms with van der Waals surface area (Å²) in [7, 11) is 1.87.